The summed E-state index contributed by atoms with van der Waals surface area (Å²) in [4.78, 5) is 4.43. The Morgan fingerprint density at radius 2 is 2.05 bits per heavy atom. The molecule has 1 aliphatic heterocycles. The summed E-state index contributed by atoms with van der Waals surface area (Å²) in [5.74, 6) is 0. The first kappa shape index (κ1) is 16.5. The molecule has 0 fully saturated rings. The molecule has 0 saturated heterocycles. The normalized spacial score (nSPS) is 22.7. The second-order valence-electron chi connectivity index (χ2n) is 5.03. The number of nitrogens with zero attached hydrogens (tertiary/aromatic N) is 1. The maximum atomic E-state index is 9.77. The van der Waals surface area contributed by atoms with Crippen LogP contribution in [-0.2, 0) is 11.2 Å². The van der Waals surface area contributed by atoms with Crippen LogP contribution in [0.25, 0.3) is 0 Å². The van der Waals surface area contributed by atoms with Crippen molar-refractivity contribution >= 4 is 16.8 Å². The Bertz CT molecular complexity index is 466. The van der Waals surface area contributed by atoms with Gasteiger partial charge in [-0.3, -0.25) is 4.99 Å². The highest BCUT2D eigenvalue weighted by Crippen LogP contribution is 2.26. The molecule has 2 rings (SSSR count). The average Bonchev–Trinajstić information content (AvgIpc) is 2.92. The second kappa shape index (κ2) is 7.91. The van der Waals surface area contributed by atoms with Crippen LogP contribution in [0.3, 0.4) is 0 Å². The quantitative estimate of drug-likeness (QED) is 0.694. The molecule has 21 heavy (non-hydrogen) atoms. The molecule has 5 nitrogen and oxygen atoms in total. The number of aliphatic hydroxyl groups is 3. The fourth-order valence-corrected chi connectivity index (χ4v) is 3.13. The van der Waals surface area contributed by atoms with Crippen LogP contribution in [-0.4, -0.2) is 57.3 Å². The van der Waals surface area contributed by atoms with Crippen LogP contribution in [0.15, 0.2) is 35.3 Å². The first-order valence-corrected chi connectivity index (χ1v) is 7.84. The minimum Gasteiger partial charge on any atom is -0.394 e. The van der Waals surface area contributed by atoms with Gasteiger partial charge in [-0.05, 0) is 12.5 Å². The van der Waals surface area contributed by atoms with Gasteiger partial charge in [0.25, 0.3) is 0 Å². The van der Waals surface area contributed by atoms with Crippen molar-refractivity contribution in [3.8, 4) is 0 Å². The van der Waals surface area contributed by atoms with E-state index < -0.39 is 18.3 Å². The Hall–Kier alpha value is -0.920. The molecule has 4 atom stereocenters. The molecule has 0 saturated carbocycles. The fourth-order valence-electron chi connectivity index (χ4n) is 2.08. The molecule has 0 aromatic heterocycles. The van der Waals surface area contributed by atoms with Crippen molar-refractivity contribution in [3.63, 3.8) is 0 Å². The Kier molecular flexibility index (Phi) is 6.20. The lowest BCUT2D eigenvalue weighted by Gasteiger charge is -2.25. The summed E-state index contributed by atoms with van der Waals surface area (Å²) in [7, 11) is 0. The number of aliphatic hydroxyl groups excluding tert-OH is 3. The molecule has 116 valence electrons. The first-order valence-electron chi connectivity index (χ1n) is 6.96. The van der Waals surface area contributed by atoms with Crippen molar-refractivity contribution < 1.29 is 20.1 Å². The Labute approximate surface area is 128 Å². The topological polar surface area (TPSA) is 82.3 Å². The van der Waals surface area contributed by atoms with Crippen LogP contribution in [0.4, 0.5) is 0 Å². The van der Waals surface area contributed by atoms with E-state index in [1.807, 2.05) is 30.3 Å². The van der Waals surface area contributed by atoms with Gasteiger partial charge in [0.15, 0.2) is 0 Å². The lowest BCUT2D eigenvalue weighted by atomic mass is 10.1. The maximum absolute atomic E-state index is 9.77. The van der Waals surface area contributed by atoms with E-state index >= 15 is 0 Å². The van der Waals surface area contributed by atoms with E-state index in [1.165, 1.54) is 24.2 Å². The lowest BCUT2D eigenvalue weighted by molar-refractivity contribution is -0.107. The number of hydrogen-bond donors (Lipinski definition) is 3. The number of ether oxygens (including phenoxy) is 1. The minimum absolute atomic E-state index is 0.228. The fraction of sp³-hybridized carbons (Fsp3) is 0.533. The van der Waals surface area contributed by atoms with Gasteiger partial charge in [0.05, 0.1) is 24.3 Å². The predicted octanol–water partition coefficient (Wildman–Crippen LogP) is 0.820. The van der Waals surface area contributed by atoms with Crippen LogP contribution < -0.4 is 0 Å². The van der Waals surface area contributed by atoms with Gasteiger partial charge in [-0.15, -0.1) is 0 Å². The van der Waals surface area contributed by atoms with Gasteiger partial charge >= 0.3 is 0 Å². The summed E-state index contributed by atoms with van der Waals surface area (Å²) >= 11 is 1.50. The van der Waals surface area contributed by atoms with Gasteiger partial charge in [0.2, 0.25) is 0 Å². The Balaban J connectivity index is 1.83. The Morgan fingerprint density at radius 1 is 1.33 bits per heavy atom. The Morgan fingerprint density at radius 3 is 2.67 bits per heavy atom. The molecule has 1 heterocycles. The van der Waals surface area contributed by atoms with Crippen molar-refractivity contribution in [1.29, 1.82) is 0 Å². The molecule has 6 heteroatoms. The number of aliphatic imine (C=N–C) groups is 1. The smallest absolute Gasteiger partial charge is 0.128 e. The SMILES string of the molecule is C[C@@H](O)[C@H](O)[C@@H](CO)OC1CN=C(Cc2ccccc2)S1. The molecule has 0 radical (unpaired) electrons. The van der Waals surface area contributed by atoms with Crippen LogP contribution in [0.5, 0.6) is 0 Å². The predicted molar refractivity (Wildman–Crippen MR) is 83.5 cm³/mol. The molecule has 0 aliphatic carbocycles. The zero-order valence-corrected chi connectivity index (χ0v) is 12.7. The minimum atomic E-state index is -1.10. The highest BCUT2D eigenvalue weighted by atomic mass is 32.2. The van der Waals surface area contributed by atoms with Crippen molar-refractivity contribution in [1.82, 2.24) is 0 Å². The summed E-state index contributed by atoms with van der Waals surface area (Å²) in [6.07, 6.45) is -2.09. The van der Waals surface area contributed by atoms with Gasteiger partial charge in [-0.25, -0.2) is 0 Å². The van der Waals surface area contributed by atoms with Crippen LogP contribution in [0.1, 0.15) is 12.5 Å². The summed E-state index contributed by atoms with van der Waals surface area (Å²) in [6, 6.07) is 10.0. The summed E-state index contributed by atoms with van der Waals surface area (Å²) in [5, 5.41) is 29.4. The monoisotopic (exact) mass is 311 g/mol. The van der Waals surface area contributed by atoms with Gasteiger partial charge in [0, 0.05) is 6.42 Å². The van der Waals surface area contributed by atoms with Gasteiger partial charge < -0.3 is 20.1 Å². The zero-order chi connectivity index (χ0) is 15.2. The van der Waals surface area contributed by atoms with Crippen molar-refractivity contribution in [3.05, 3.63) is 35.9 Å². The van der Waals surface area contributed by atoms with E-state index in [9.17, 15) is 15.3 Å². The van der Waals surface area contributed by atoms with E-state index in [1.54, 1.807) is 0 Å². The van der Waals surface area contributed by atoms with E-state index in [2.05, 4.69) is 4.99 Å². The van der Waals surface area contributed by atoms with Gasteiger partial charge in [-0.1, -0.05) is 42.1 Å². The zero-order valence-electron chi connectivity index (χ0n) is 11.9. The molecule has 0 spiro atoms. The van der Waals surface area contributed by atoms with Crippen LogP contribution >= 0.6 is 11.8 Å². The van der Waals surface area contributed by atoms with Crippen LogP contribution in [0.2, 0.25) is 0 Å². The molecule has 1 aromatic rings. The molecule has 0 amide bonds. The third kappa shape index (κ3) is 4.79. The van der Waals surface area contributed by atoms with Gasteiger partial charge in [0.1, 0.15) is 17.6 Å². The molecule has 1 aliphatic rings. The maximum Gasteiger partial charge on any atom is 0.128 e. The third-order valence-corrected chi connectivity index (χ3v) is 4.33. The number of hydrogen-bond acceptors (Lipinski definition) is 6. The van der Waals surface area contributed by atoms with E-state index in [0.29, 0.717) is 6.54 Å². The molecule has 1 unspecified atom stereocenters. The molecule has 0 bridgehead atoms. The molecule has 3 N–H and O–H groups in total. The van der Waals surface area contributed by atoms with E-state index in [-0.39, 0.29) is 12.0 Å². The number of rotatable bonds is 7. The summed E-state index contributed by atoms with van der Waals surface area (Å²) in [5.41, 5.74) is 0.960. The van der Waals surface area contributed by atoms with E-state index in [4.69, 9.17) is 4.74 Å². The standard InChI is InChI=1S/C15H21NO4S/c1-10(18)15(19)12(9-17)20-14-8-16-13(21-14)7-11-5-3-2-4-6-11/h2-6,10,12,14-15,17-19H,7-9H2,1H3/t10-,12-,14?,15+/m1/s1. The van der Waals surface area contributed by atoms with E-state index in [0.717, 1.165) is 11.5 Å². The molecule has 1 aromatic carbocycles. The van der Waals surface area contributed by atoms with Crippen LogP contribution in [0, 0.1) is 0 Å². The van der Waals surface area contributed by atoms with Crippen molar-refractivity contribution in [2.75, 3.05) is 13.2 Å². The van der Waals surface area contributed by atoms with Gasteiger partial charge in [-0.2, -0.15) is 0 Å². The average molecular weight is 311 g/mol. The molecular weight excluding hydrogens is 290 g/mol. The highest BCUT2D eigenvalue weighted by molar-refractivity contribution is 8.14. The first-order chi connectivity index (χ1) is 10.1. The summed E-state index contributed by atoms with van der Waals surface area (Å²) in [6.45, 7) is 1.63. The van der Waals surface area contributed by atoms with Crippen molar-refractivity contribution in [2.45, 2.75) is 37.1 Å². The molecular formula is C15H21NO4S. The number of thioether (sulfide) groups is 1. The second-order valence-corrected chi connectivity index (χ2v) is 6.27. The third-order valence-electron chi connectivity index (χ3n) is 3.26. The van der Waals surface area contributed by atoms with Crippen molar-refractivity contribution in [2.24, 2.45) is 4.99 Å². The highest BCUT2D eigenvalue weighted by Gasteiger charge is 2.29. The number of benzene rings is 1. The summed E-state index contributed by atoms with van der Waals surface area (Å²) < 4.78 is 5.64. The lowest BCUT2D eigenvalue weighted by Crippen LogP contribution is -2.41. The largest absolute Gasteiger partial charge is 0.394 e.